The smallest absolute Gasteiger partial charge is 0.255 e. The van der Waals surface area contributed by atoms with E-state index < -0.39 is 0 Å². The summed E-state index contributed by atoms with van der Waals surface area (Å²) in [6, 6.07) is 16.4. The van der Waals surface area contributed by atoms with Crippen LogP contribution in [0.15, 0.2) is 54.7 Å². The summed E-state index contributed by atoms with van der Waals surface area (Å²) in [5.41, 5.74) is 4.61. The Morgan fingerprint density at radius 1 is 1.07 bits per heavy atom. The molecule has 27 heavy (non-hydrogen) atoms. The molecule has 134 valence electrons. The van der Waals surface area contributed by atoms with Gasteiger partial charge in [-0.25, -0.2) is 4.98 Å². The first-order chi connectivity index (χ1) is 13.0. The van der Waals surface area contributed by atoms with E-state index in [4.69, 9.17) is 10.00 Å². The second kappa shape index (κ2) is 7.71. The van der Waals surface area contributed by atoms with Crippen molar-refractivity contribution in [1.29, 1.82) is 5.26 Å². The van der Waals surface area contributed by atoms with Crippen LogP contribution in [0.2, 0.25) is 0 Å². The number of hydrogen-bond donors (Lipinski definition) is 1. The highest BCUT2D eigenvalue weighted by Crippen LogP contribution is 2.27. The molecule has 0 aliphatic carbocycles. The fourth-order valence-electron chi connectivity index (χ4n) is 2.77. The number of hydrogen-bond acceptors (Lipinski definition) is 4. The summed E-state index contributed by atoms with van der Waals surface area (Å²) in [6.07, 6.45) is 1.57. The number of amides is 1. The van der Waals surface area contributed by atoms with Gasteiger partial charge < -0.3 is 10.1 Å². The van der Waals surface area contributed by atoms with Gasteiger partial charge in [-0.2, -0.15) is 5.26 Å². The first-order valence-corrected chi connectivity index (χ1v) is 8.50. The highest BCUT2D eigenvalue weighted by molar-refractivity contribution is 6.05. The Hall–Kier alpha value is -3.65. The summed E-state index contributed by atoms with van der Waals surface area (Å²) in [4.78, 5) is 16.7. The lowest BCUT2D eigenvalue weighted by molar-refractivity contribution is 0.102. The van der Waals surface area contributed by atoms with E-state index in [0.29, 0.717) is 22.6 Å². The molecular formula is C22H19N3O2. The average Bonchev–Trinajstić information content (AvgIpc) is 2.64. The molecule has 1 amide bonds. The molecule has 0 aliphatic rings. The van der Waals surface area contributed by atoms with Crippen LogP contribution in [0.3, 0.4) is 0 Å². The number of nitrogens with one attached hydrogen (secondary N) is 1. The van der Waals surface area contributed by atoms with Gasteiger partial charge in [-0.05, 0) is 68.3 Å². The van der Waals surface area contributed by atoms with Gasteiger partial charge in [0.2, 0.25) is 5.88 Å². The molecule has 0 fully saturated rings. The van der Waals surface area contributed by atoms with Gasteiger partial charge in [0.25, 0.3) is 5.91 Å². The quantitative estimate of drug-likeness (QED) is 0.719. The van der Waals surface area contributed by atoms with E-state index in [9.17, 15) is 4.79 Å². The lowest BCUT2D eigenvalue weighted by atomic mass is 10.0. The molecule has 5 heteroatoms. The van der Waals surface area contributed by atoms with Crippen LogP contribution in [0.4, 0.5) is 5.69 Å². The third-order valence-corrected chi connectivity index (χ3v) is 4.18. The molecule has 2 aromatic carbocycles. The zero-order chi connectivity index (χ0) is 19.4. The van der Waals surface area contributed by atoms with E-state index in [2.05, 4.69) is 16.4 Å². The Kier molecular flexibility index (Phi) is 5.18. The van der Waals surface area contributed by atoms with Crippen LogP contribution in [0.25, 0.3) is 0 Å². The topological polar surface area (TPSA) is 75.0 Å². The van der Waals surface area contributed by atoms with Crippen molar-refractivity contribution >= 4 is 11.6 Å². The minimum Gasteiger partial charge on any atom is -0.438 e. The zero-order valence-electron chi connectivity index (χ0n) is 15.4. The molecule has 0 bridgehead atoms. The van der Waals surface area contributed by atoms with Crippen molar-refractivity contribution in [3.8, 4) is 17.7 Å². The summed E-state index contributed by atoms with van der Waals surface area (Å²) in [5, 5.41) is 12.1. The number of nitrogens with zero attached hydrogens (tertiary/aromatic N) is 2. The van der Waals surface area contributed by atoms with E-state index >= 15 is 0 Å². The van der Waals surface area contributed by atoms with Gasteiger partial charge in [0, 0.05) is 17.4 Å². The van der Waals surface area contributed by atoms with Gasteiger partial charge in [-0.1, -0.05) is 17.7 Å². The first-order valence-electron chi connectivity index (χ1n) is 8.50. The minimum atomic E-state index is -0.152. The molecule has 1 heterocycles. The van der Waals surface area contributed by atoms with Crippen molar-refractivity contribution in [2.45, 2.75) is 20.8 Å². The number of pyridine rings is 1. The second-order valence-corrected chi connectivity index (χ2v) is 6.32. The standard InChI is InChI=1S/C22H19N3O2/c1-14-6-8-19(15(2)11-14)21(26)25-20-9-7-18(12-16(20)3)27-22-17(13-23)5-4-10-24-22/h4-12H,1-3H3,(H,25,26). The number of nitriles is 1. The van der Waals surface area contributed by atoms with Crippen LogP contribution in [0, 0.1) is 32.1 Å². The lowest BCUT2D eigenvalue weighted by Gasteiger charge is -2.12. The van der Waals surface area contributed by atoms with Crippen molar-refractivity contribution in [2.75, 3.05) is 5.32 Å². The van der Waals surface area contributed by atoms with E-state index in [-0.39, 0.29) is 11.8 Å². The van der Waals surface area contributed by atoms with Crippen LogP contribution in [0.5, 0.6) is 11.6 Å². The van der Waals surface area contributed by atoms with E-state index in [1.165, 1.54) is 0 Å². The fraction of sp³-hybridized carbons (Fsp3) is 0.136. The number of aryl methyl sites for hydroxylation is 3. The fourth-order valence-corrected chi connectivity index (χ4v) is 2.77. The highest BCUT2D eigenvalue weighted by Gasteiger charge is 2.12. The molecule has 0 radical (unpaired) electrons. The predicted octanol–water partition coefficient (Wildman–Crippen LogP) is 4.92. The molecule has 1 aromatic heterocycles. The normalized spacial score (nSPS) is 10.1. The summed E-state index contributed by atoms with van der Waals surface area (Å²) in [5.74, 6) is 0.652. The lowest BCUT2D eigenvalue weighted by Crippen LogP contribution is -2.14. The first kappa shape index (κ1) is 18.2. The van der Waals surface area contributed by atoms with Gasteiger partial charge in [0.1, 0.15) is 17.4 Å². The van der Waals surface area contributed by atoms with E-state index in [0.717, 1.165) is 16.7 Å². The van der Waals surface area contributed by atoms with Crippen molar-refractivity contribution in [2.24, 2.45) is 0 Å². The van der Waals surface area contributed by atoms with Crippen molar-refractivity contribution in [3.63, 3.8) is 0 Å². The molecule has 5 nitrogen and oxygen atoms in total. The third-order valence-electron chi connectivity index (χ3n) is 4.18. The molecule has 3 aromatic rings. The molecule has 0 spiro atoms. The molecule has 0 saturated carbocycles. The molecular weight excluding hydrogens is 338 g/mol. The Labute approximate surface area is 158 Å². The van der Waals surface area contributed by atoms with Crippen molar-refractivity contribution in [1.82, 2.24) is 4.98 Å². The largest absolute Gasteiger partial charge is 0.438 e. The van der Waals surface area contributed by atoms with Crippen LogP contribution >= 0.6 is 0 Å². The van der Waals surface area contributed by atoms with Gasteiger partial charge in [0.15, 0.2) is 0 Å². The molecule has 0 aliphatic heterocycles. The zero-order valence-corrected chi connectivity index (χ0v) is 15.4. The summed E-state index contributed by atoms with van der Waals surface area (Å²) < 4.78 is 5.71. The number of carbonyl (C=O) groups excluding carboxylic acids is 1. The maximum absolute atomic E-state index is 12.6. The van der Waals surface area contributed by atoms with Crippen molar-refractivity contribution in [3.05, 3.63) is 82.5 Å². The summed E-state index contributed by atoms with van der Waals surface area (Å²) in [6.45, 7) is 5.80. The van der Waals surface area contributed by atoms with Gasteiger partial charge in [-0.15, -0.1) is 0 Å². The number of anilines is 1. The van der Waals surface area contributed by atoms with Crippen LogP contribution in [-0.2, 0) is 0 Å². The molecule has 1 N–H and O–H groups in total. The number of ether oxygens (including phenoxy) is 1. The second-order valence-electron chi connectivity index (χ2n) is 6.32. The number of aromatic nitrogens is 1. The summed E-state index contributed by atoms with van der Waals surface area (Å²) >= 11 is 0. The Bertz CT molecular complexity index is 1050. The maximum atomic E-state index is 12.6. The van der Waals surface area contributed by atoms with Gasteiger partial charge in [0.05, 0.1) is 0 Å². The van der Waals surface area contributed by atoms with E-state index in [1.54, 1.807) is 36.5 Å². The maximum Gasteiger partial charge on any atom is 0.255 e. The Morgan fingerprint density at radius 2 is 1.89 bits per heavy atom. The van der Waals surface area contributed by atoms with Crippen LogP contribution in [-0.4, -0.2) is 10.9 Å². The number of rotatable bonds is 4. The monoisotopic (exact) mass is 357 g/mol. The highest BCUT2D eigenvalue weighted by atomic mass is 16.5. The molecule has 3 rings (SSSR count). The molecule has 0 unspecified atom stereocenters. The average molecular weight is 357 g/mol. The third kappa shape index (κ3) is 4.13. The molecule has 0 saturated heterocycles. The predicted molar refractivity (Wildman–Crippen MR) is 104 cm³/mol. The van der Waals surface area contributed by atoms with Gasteiger partial charge >= 0.3 is 0 Å². The Morgan fingerprint density at radius 3 is 2.59 bits per heavy atom. The van der Waals surface area contributed by atoms with E-state index in [1.807, 2.05) is 39.0 Å². The summed E-state index contributed by atoms with van der Waals surface area (Å²) in [7, 11) is 0. The van der Waals surface area contributed by atoms with Crippen LogP contribution in [0.1, 0.15) is 32.6 Å². The van der Waals surface area contributed by atoms with Crippen LogP contribution < -0.4 is 10.1 Å². The Balaban J connectivity index is 1.79. The number of benzene rings is 2. The minimum absolute atomic E-state index is 0.152. The SMILES string of the molecule is Cc1ccc(C(=O)Nc2ccc(Oc3ncccc3C#N)cc2C)c(C)c1. The van der Waals surface area contributed by atoms with Gasteiger partial charge in [-0.3, -0.25) is 4.79 Å². The molecule has 0 atom stereocenters. The van der Waals surface area contributed by atoms with Crippen molar-refractivity contribution < 1.29 is 9.53 Å². The number of carbonyl (C=O) groups is 1.